The third-order valence-electron chi connectivity index (χ3n) is 3.09. The molecule has 4 heteroatoms. The SMILES string of the molecule is COc1cc(Cl)c(C)cc1N(C)C(C)CCN. The van der Waals surface area contributed by atoms with Crippen LogP contribution in [0, 0.1) is 6.92 Å². The highest BCUT2D eigenvalue weighted by Crippen LogP contribution is 2.34. The minimum absolute atomic E-state index is 0.370. The zero-order valence-corrected chi connectivity index (χ0v) is 11.7. The second-order valence-corrected chi connectivity index (χ2v) is 4.72. The number of benzene rings is 1. The van der Waals surface area contributed by atoms with Crippen LogP contribution in [0.25, 0.3) is 0 Å². The van der Waals surface area contributed by atoms with Gasteiger partial charge in [0.05, 0.1) is 12.8 Å². The maximum absolute atomic E-state index is 6.09. The molecule has 0 aliphatic rings. The molecular formula is C13H21ClN2O. The van der Waals surface area contributed by atoms with E-state index < -0.39 is 0 Å². The summed E-state index contributed by atoms with van der Waals surface area (Å²) in [5, 5.41) is 0.727. The first kappa shape index (κ1) is 14.1. The molecule has 0 aliphatic carbocycles. The summed E-state index contributed by atoms with van der Waals surface area (Å²) in [7, 11) is 3.71. The number of rotatable bonds is 5. The molecule has 2 N–H and O–H groups in total. The number of hydrogen-bond donors (Lipinski definition) is 1. The van der Waals surface area contributed by atoms with Gasteiger partial charge in [-0.3, -0.25) is 0 Å². The molecule has 0 aliphatic heterocycles. The van der Waals surface area contributed by atoms with E-state index in [0.29, 0.717) is 12.6 Å². The first-order valence-corrected chi connectivity index (χ1v) is 6.16. The van der Waals surface area contributed by atoms with Crippen molar-refractivity contribution >= 4 is 17.3 Å². The van der Waals surface area contributed by atoms with Gasteiger partial charge in [-0.15, -0.1) is 0 Å². The Morgan fingerprint density at radius 1 is 1.47 bits per heavy atom. The summed E-state index contributed by atoms with van der Waals surface area (Å²) in [5.41, 5.74) is 7.69. The van der Waals surface area contributed by atoms with Crippen molar-refractivity contribution in [1.82, 2.24) is 0 Å². The van der Waals surface area contributed by atoms with Gasteiger partial charge in [-0.25, -0.2) is 0 Å². The van der Waals surface area contributed by atoms with Crippen molar-refractivity contribution in [2.24, 2.45) is 5.73 Å². The highest BCUT2D eigenvalue weighted by atomic mass is 35.5. The van der Waals surface area contributed by atoms with E-state index >= 15 is 0 Å². The second kappa shape index (κ2) is 6.12. The molecule has 1 aromatic rings. The van der Waals surface area contributed by atoms with Crippen LogP contribution in [-0.2, 0) is 0 Å². The number of aryl methyl sites for hydroxylation is 1. The Labute approximate surface area is 109 Å². The molecule has 1 unspecified atom stereocenters. The van der Waals surface area contributed by atoms with E-state index in [0.717, 1.165) is 28.4 Å². The van der Waals surface area contributed by atoms with Crippen molar-refractivity contribution in [3.05, 3.63) is 22.7 Å². The number of methoxy groups -OCH3 is 1. The maximum atomic E-state index is 6.09. The largest absolute Gasteiger partial charge is 0.495 e. The van der Waals surface area contributed by atoms with Crippen molar-refractivity contribution in [1.29, 1.82) is 0 Å². The van der Waals surface area contributed by atoms with Crippen LogP contribution >= 0.6 is 11.6 Å². The van der Waals surface area contributed by atoms with Gasteiger partial charge in [-0.2, -0.15) is 0 Å². The molecule has 0 aromatic heterocycles. The molecule has 1 atom stereocenters. The highest BCUT2D eigenvalue weighted by molar-refractivity contribution is 6.31. The summed E-state index contributed by atoms with van der Waals surface area (Å²) in [6.45, 7) is 4.82. The van der Waals surface area contributed by atoms with Crippen LogP contribution in [0.4, 0.5) is 5.69 Å². The monoisotopic (exact) mass is 256 g/mol. The molecule has 3 nitrogen and oxygen atoms in total. The fourth-order valence-corrected chi connectivity index (χ4v) is 1.91. The van der Waals surface area contributed by atoms with Crippen molar-refractivity contribution < 1.29 is 4.74 Å². The number of hydrogen-bond acceptors (Lipinski definition) is 3. The minimum Gasteiger partial charge on any atom is -0.495 e. The smallest absolute Gasteiger partial charge is 0.143 e. The van der Waals surface area contributed by atoms with Gasteiger partial charge in [0.25, 0.3) is 0 Å². The van der Waals surface area contributed by atoms with Crippen LogP contribution < -0.4 is 15.4 Å². The van der Waals surface area contributed by atoms with Gasteiger partial charge in [-0.05, 0) is 38.4 Å². The lowest BCUT2D eigenvalue weighted by atomic mass is 10.1. The summed E-state index contributed by atoms with van der Waals surface area (Å²) in [6.07, 6.45) is 0.946. The van der Waals surface area contributed by atoms with Crippen LogP contribution in [0.15, 0.2) is 12.1 Å². The molecule has 0 bridgehead atoms. The predicted molar refractivity (Wildman–Crippen MR) is 74.3 cm³/mol. The molecule has 0 amide bonds. The summed E-state index contributed by atoms with van der Waals surface area (Å²) in [6, 6.07) is 4.28. The summed E-state index contributed by atoms with van der Waals surface area (Å²) >= 11 is 6.09. The molecule has 0 heterocycles. The highest BCUT2D eigenvalue weighted by Gasteiger charge is 2.15. The van der Waals surface area contributed by atoms with Gasteiger partial charge >= 0.3 is 0 Å². The molecule has 0 fully saturated rings. The number of ether oxygens (including phenoxy) is 1. The van der Waals surface area contributed by atoms with Crippen LogP contribution in [0.3, 0.4) is 0 Å². The van der Waals surface area contributed by atoms with E-state index in [2.05, 4.69) is 11.8 Å². The Balaban J connectivity index is 3.07. The fraction of sp³-hybridized carbons (Fsp3) is 0.538. The lowest BCUT2D eigenvalue weighted by Gasteiger charge is -2.28. The average Bonchev–Trinajstić information content (AvgIpc) is 2.31. The molecule has 0 spiro atoms. The van der Waals surface area contributed by atoms with Crippen molar-refractivity contribution in [3.63, 3.8) is 0 Å². The molecule has 1 aromatic carbocycles. The van der Waals surface area contributed by atoms with Gasteiger partial charge in [0, 0.05) is 24.2 Å². The molecule has 0 saturated heterocycles. The van der Waals surface area contributed by atoms with Crippen LogP contribution in [-0.4, -0.2) is 26.7 Å². The minimum atomic E-state index is 0.370. The van der Waals surface area contributed by atoms with E-state index in [9.17, 15) is 0 Å². The van der Waals surface area contributed by atoms with Crippen molar-refractivity contribution in [2.75, 3.05) is 25.6 Å². The summed E-state index contributed by atoms with van der Waals surface area (Å²) < 4.78 is 5.37. The number of nitrogens with two attached hydrogens (primary N) is 1. The number of anilines is 1. The second-order valence-electron chi connectivity index (χ2n) is 4.31. The molecule has 17 heavy (non-hydrogen) atoms. The lowest BCUT2D eigenvalue weighted by Crippen LogP contribution is -2.31. The van der Waals surface area contributed by atoms with Gasteiger partial charge in [0.15, 0.2) is 0 Å². The zero-order valence-electron chi connectivity index (χ0n) is 11.0. The van der Waals surface area contributed by atoms with Crippen LogP contribution in [0.1, 0.15) is 18.9 Å². The van der Waals surface area contributed by atoms with Gasteiger partial charge in [0.2, 0.25) is 0 Å². The quantitative estimate of drug-likeness (QED) is 0.881. The Bertz CT molecular complexity index is 382. The number of halogens is 1. The van der Waals surface area contributed by atoms with E-state index in [-0.39, 0.29) is 0 Å². The Morgan fingerprint density at radius 3 is 2.65 bits per heavy atom. The molecule has 1 rings (SSSR count). The summed E-state index contributed by atoms with van der Waals surface area (Å²) in [4.78, 5) is 2.18. The van der Waals surface area contributed by atoms with Crippen molar-refractivity contribution in [3.8, 4) is 5.75 Å². The van der Waals surface area contributed by atoms with Crippen molar-refractivity contribution in [2.45, 2.75) is 26.3 Å². The average molecular weight is 257 g/mol. The normalized spacial score (nSPS) is 12.4. The zero-order chi connectivity index (χ0) is 13.0. The molecular weight excluding hydrogens is 236 g/mol. The van der Waals surface area contributed by atoms with E-state index in [1.54, 1.807) is 7.11 Å². The predicted octanol–water partition coefficient (Wildman–Crippen LogP) is 2.83. The third-order valence-corrected chi connectivity index (χ3v) is 3.49. The maximum Gasteiger partial charge on any atom is 0.143 e. The van der Waals surface area contributed by atoms with Gasteiger partial charge in [-0.1, -0.05) is 11.6 Å². The topological polar surface area (TPSA) is 38.5 Å². The van der Waals surface area contributed by atoms with E-state index in [4.69, 9.17) is 22.1 Å². The molecule has 96 valence electrons. The Hall–Kier alpha value is -0.930. The van der Waals surface area contributed by atoms with E-state index in [1.165, 1.54) is 0 Å². The standard InChI is InChI=1S/C13H21ClN2O/c1-9-7-12(13(17-4)8-11(9)14)16(3)10(2)5-6-15/h7-8,10H,5-6,15H2,1-4H3. The number of nitrogens with zero attached hydrogens (tertiary/aromatic N) is 1. The molecule has 0 radical (unpaired) electrons. The Kier molecular flexibility index (Phi) is 5.09. The first-order valence-electron chi connectivity index (χ1n) is 5.78. The fourth-order valence-electron chi connectivity index (χ4n) is 1.76. The molecule has 0 saturated carbocycles. The van der Waals surface area contributed by atoms with Crippen LogP contribution in [0.5, 0.6) is 5.75 Å². The van der Waals surface area contributed by atoms with Crippen LogP contribution in [0.2, 0.25) is 5.02 Å². The summed E-state index contributed by atoms with van der Waals surface area (Å²) in [5.74, 6) is 0.798. The van der Waals surface area contributed by atoms with Gasteiger partial charge < -0.3 is 15.4 Å². The first-order chi connectivity index (χ1) is 8.01. The van der Waals surface area contributed by atoms with Gasteiger partial charge in [0.1, 0.15) is 5.75 Å². The Morgan fingerprint density at radius 2 is 2.12 bits per heavy atom. The van der Waals surface area contributed by atoms with E-state index in [1.807, 2.05) is 26.1 Å². The third kappa shape index (κ3) is 3.27. The lowest BCUT2D eigenvalue weighted by molar-refractivity contribution is 0.413.